The quantitative estimate of drug-likeness (QED) is 0.848. The van der Waals surface area contributed by atoms with Crippen LogP contribution in [0.5, 0.6) is 0 Å². The van der Waals surface area contributed by atoms with Crippen molar-refractivity contribution in [1.29, 1.82) is 0 Å². The van der Waals surface area contributed by atoms with Gasteiger partial charge < -0.3 is 10.2 Å². The van der Waals surface area contributed by atoms with E-state index in [0.717, 1.165) is 42.4 Å². The first kappa shape index (κ1) is 19.4. The molecule has 2 aromatic rings. The van der Waals surface area contributed by atoms with Gasteiger partial charge in [-0.25, -0.2) is 4.98 Å². The van der Waals surface area contributed by atoms with E-state index in [1.54, 1.807) is 11.3 Å². The highest BCUT2D eigenvalue weighted by Gasteiger charge is 2.32. The summed E-state index contributed by atoms with van der Waals surface area (Å²) in [7, 11) is 0. The number of rotatable bonds is 5. The van der Waals surface area contributed by atoms with Crippen LogP contribution in [0, 0.1) is 5.92 Å². The topological polar surface area (TPSA) is 45.2 Å². The highest BCUT2D eigenvalue weighted by molar-refractivity contribution is 7.18. The smallest absolute Gasteiger partial charge is 0.237 e. The molecule has 1 N–H and O–H groups in total. The van der Waals surface area contributed by atoms with E-state index in [0.29, 0.717) is 6.54 Å². The molecule has 2 heterocycles. The van der Waals surface area contributed by atoms with Gasteiger partial charge in [0.15, 0.2) is 0 Å². The van der Waals surface area contributed by atoms with Gasteiger partial charge in [-0.1, -0.05) is 12.1 Å². The van der Waals surface area contributed by atoms with Gasteiger partial charge in [-0.2, -0.15) is 0 Å². The number of fused-ring (bicyclic) bond motifs is 1. The van der Waals surface area contributed by atoms with E-state index < -0.39 is 0 Å². The second kappa shape index (κ2) is 8.48. The van der Waals surface area contributed by atoms with Crippen LogP contribution in [-0.4, -0.2) is 35.4 Å². The van der Waals surface area contributed by atoms with Crippen LogP contribution in [-0.2, 0) is 4.79 Å². The third-order valence-electron chi connectivity index (χ3n) is 4.57. The minimum atomic E-state index is 0. The molecule has 1 aliphatic heterocycles. The molecular formula is C17H23Cl2N3OS. The molecule has 4 rings (SSSR count). The summed E-state index contributed by atoms with van der Waals surface area (Å²) in [5.74, 6) is 1.04. The Kier molecular flexibility index (Phi) is 6.87. The third-order valence-corrected chi connectivity index (χ3v) is 5.71. The number of halogens is 2. The lowest BCUT2D eigenvalue weighted by Gasteiger charge is -2.23. The Labute approximate surface area is 158 Å². The van der Waals surface area contributed by atoms with E-state index in [1.807, 2.05) is 23.1 Å². The lowest BCUT2D eigenvalue weighted by Crippen LogP contribution is -2.38. The molecule has 1 saturated heterocycles. The van der Waals surface area contributed by atoms with Gasteiger partial charge in [0.05, 0.1) is 22.8 Å². The zero-order chi connectivity index (χ0) is 14.9. The number of hydrogen-bond donors (Lipinski definition) is 1. The molecule has 1 aromatic heterocycles. The zero-order valence-electron chi connectivity index (χ0n) is 13.4. The van der Waals surface area contributed by atoms with Crippen molar-refractivity contribution in [3.8, 4) is 0 Å². The SMILES string of the molecule is Cl.Cl.O=C(CNCC1CC1)N1CCCC1c1nc2ccccc2s1. The molecule has 1 aromatic carbocycles. The molecule has 4 nitrogen and oxygen atoms in total. The molecule has 0 spiro atoms. The number of likely N-dealkylation sites (tertiary alicyclic amines) is 1. The number of amides is 1. The van der Waals surface area contributed by atoms with Gasteiger partial charge >= 0.3 is 0 Å². The maximum Gasteiger partial charge on any atom is 0.237 e. The standard InChI is InChI=1S/C17H21N3OS.2ClH/c21-16(11-18-10-12-7-8-12)20-9-3-5-14(20)17-19-13-4-1-2-6-15(13)22-17;;/h1-2,4,6,12,14,18H,3,5,7-11H2;2*1H. The van der Waals surface area contributed by atoms with Crippen molar-refractivity contribution in [2.45, 2.75) is 31.7 Å². The number of nitrogens with one attached hydrogen (secondary N) is 1. The zero-order valence-corrected chi connectivity index (χ0v) is 15.9. The molecule has 1 unspecified atom stereocenters. The van der Waals surface area contributed by atoms with E-state index in [1.165, 1.54) is 17.5 Å². The summed E-state index contributed by atoms with van der Waals surface area (Å²) in [4.78, 5) is 19.3. The number of para-hydroxylation sites is 1. The van der Waals surface area contributed by atoms with E-state index in [2.05, 4.69) is 11.4 Å². The fraction of sp³-hybridized carbons (Fsp3) is 0.529. The second-order valence-electron chi connectivity index (χ2n) is 6.34. The van der Waals surface area contributed by atoms with Crippen molar-refractivity contribution in [3.05, 3.63) is 29.3 Å². The van der Waals surface area contributed by atoms with Crippen LogP contribution in [0.25, 0.3) is 10.2 Å². The minimum absolute atomic E-state index is 0. The monoisotopic (exact) mass is 387 g/mol. The van der Waals surface area contributed by atoms with Crippen molar-refractivity contribution in [1.82, 2.24) is 15.2 Å². The van der Waals surface area contributed by atoms with Gasteiger partial charge in [0.2, 0.25) is 5.91 Å². The number of hydrogen-bond acceptors (Lipinski definition) is 4. The Balaban J connectivity index is 0.00000104. The van der Waals surface area contributed by atoms with Crippen molar-refractivity contribution in [2.75, 3.05) is 19.6 Å². The van der Waals surface area contributed by atoms with E-state index >= 15 is 0 Å². The predicted octanol–water partition coefficient (Wildman–Crippen LogP) is 3.80. The van der Waals surface area contributed by atoms with Gasteiger partial charge in [0.25, 0.3) is 0 Å². The maximum absolute atomic E-state index is 12.5. The average molecular weight is 388 g/mol. The summed E-state index contributed by atoms with van der Waals surface area (Å²) < 4.78 is 1.21. The number of thiazole rings is 1. The minimum Gasteiger partial charge on any atom is -0.332 e. The molecule has 1 amide bonds. The summed E-state index contributed by atoms with van der Waals surface area (Å²) in [6.07, 6.45) is 4.75. The molecule has 7 heteroatoms. The molecule has 2 aliphatic rings. The lowest BCUT2D eigenvalue weighted by atomic mass is 10.2. The molecule has 24 heavy (non-hydrogen) atoms. The van der Waals surface area contributed by atoms with Gasteiger partial charge in [0, 0.05) is 6.54 Å². The number of aromatic nitrogens is 1. The second-order valence-corrected chi connectivity index (χ2v) is 7.40. The van der Waals surface area contributed by atoms with Crippen molar-refractivity contribution in [2.24, 2.45) is 5.92 Å². The summed E-state index contributed by atoms with van der Waals surface area (Å²) in [6.45, 7) is 2.33. The third kappa shape index (κ3) is 4.20. The van der Waals surface area contributed by atoms with Crippen LogP contribution in [0.3, 0.4) is 0 Å². The number of carbonyl (C=O) groups is 1. The Bertz CT molecular complexity index is 656. The van der Waals surface area contributed by atoms with E-state index in [4.69, 9.17) is 4.98 Å². The number of benzene rings is 1. The molecule has 0 bridgehead atoms. The van der Waals surface area contributed by atoms with Gasteiger partial charge in [-0.05, 0) is 50.3 Å². The predicted molar refractivity (Wildman–Crippen MR) is 103 cm³/mol. The first-order chi connectivity index (χ1) is 10.8. The number of nitrogens with zero attached hydrogens (tertiary/aromatic N) is 2. The fourth-order valence-electron chi connectivity index (χ4n) is 3.16. The van der Waals surface area contributed by atoms with Crippen molar-refractivity contribution >= 4 is 52.3 Å². The molecule has 1 atom stereocenters. The fourth-order valence-corrected chi connectivity index (χ4v) is 4.28. The largest absolute Gasteiger partial charge is 0.332 e. The van der Waals surface area contributed by atoms with Crippen LogP contribution in [0.4, 0.5) is 0 Å². The Hall–Kier alpha value is -0.880. The molecule has 1 saturated carbocycles. The van der Waals surface area contributed by atoms with Crippen LogP contribution in [0.1, 0.15) is 36.7 Å². The highest BCUT2D eigenvalue weighted by atomic mass is 35.5. The van der Waals surface area contributed by atoms with E-state index in [-0.39, 0.29) is 36.8 Å². The summed E-state index contributed by atoms with van der Waals surface area (Å²) in [5, 5.41) is 4.41. The van der Waals surface area contributed by atoms with Gasteiger partial charge in [0.1, 0.15) is 5.01 Å². The first-order valence-corrected chi connectivity index (χ1v) is 8.98. The highest BCUT2D eigenvalue weighted by Crippen LogP contribution is 2.36. The Morgan fingerprint density at radius 3 is 2.79 bits per heavy atom. The average Bonchev–Trinajstić information content (AvgIpc) is 3.06. The maximum atomic E-state index is 12.5. The van der Waals surface area contributed by atoms with Crippen LogP contribution in [0.2, 0.25) is 0 Å². The van der Waals surface area contributed by atoms with Crippen LogP contribution >= 0.6 is 36.2 Å². The molecule has 2 fully saturated rings. The molecule has 0 radical (unpaired) electrons. The summed E-state index contributed by atoms with van der Waals surface area (Å²) in [6, 6.07) is 8.39. The Morgan fingerprint density at radius 1 is 1.25 bits per heavy atom. The van der Waals surface area contributed by atoms with Crippen LogP contribution < -0.4 is 5.32 Å². The van der Waals surface area contributed by atoms with Crippen molar-refractivity contribution in [3.63, 3.8) is 0 Å². The number of carbonyl (C=O) groups excluding carboxylic acids is 1. The summed E-state index contributed by atoms with van der Waals surface area (Å²) >= 11 is 1.73. The normalized spacial score (nSPS) is 19.8. The van der Waals surface area contributed by atoms with E-state index in [9.17, 15) is 4.79 Å². The lowest BCUT2D eigenvalue weighted by molar-refractivity contribution is -0.131. The molecular weight excluding hydrogens is 365 g/mol. The first-order valence-electron chi connectivity index (χ1n) is 8.17. The van der Waals surface area contributed by atoms with Crippen molar-refractivity contribution < 1.29 is 4.79 Å². The Morgan fingerprint density at radius 2 is 2.04 bits per heavy atom. The van der Waals surface area contributed by atoms with Gasteiger partial charge in [-0.3, -0.25) is 4.79 Å². The van der Waals surface area contributed by atoms with Crippen LogP contribution in [0.15, 0.2) is 24.3 Å². The van der Waals surface area contributed by atoms with Gasteiger partial charge in [-0.15, -0.1) is 36.2 Å². The molecule has 132 valence electrons. The summed E-state index contributed by atoms with van der Waals surface area (Å²) in [5.41, 5.74) is 1.05. The molecule has 1 aliphatic carbocycles.